The third-order valence-corrected chi connectivity index (χ3v) is 5.78. The van der Waals surface area contributed by atoms with Crippen molar-refractivity contribution in [2.75, 3.05) is 5.43 Å². The predicted octanol–water partition coefficient (Wildman–Crippen LogP) is 3.50. The standard InChI is InChI=1S/C26H30N6O3/c1-18(2)14-15-32-22-23(30(3)26(34)31(4)24(22)33)28-25(32)29-27-16-19-10-12-21(13-11-19)35-17-20-8-6-5-7-9-20/h5-13,16,18H,14-15,17H2,1-4H3,(H,28,29). The fourth-order valence-electron chi connectivity index (χ4n) is 3.69. The number of anilines is 1. The van der Waals surface area contributed by atoms with Crippen LogP contribution in [0.25, 0.3) is 11.2 Å². The van der Waals surface area contributed by atoms with Gasteiger partial charge in [0.25, 0.3) is 5.56 Å². The minimum Gasteiger partial charge on any atom is -0.489 e. The number of nitrogens with zero attached hydrogens (tertiary/aromatic N) is 5. The number of benzene rings is 2. The first-order chi connectivity index (χ1) is 16.8. The van der Waals surface area contributed by atoms with E-state index in [4.69, 9.17) is 4.74 Å². The molecule has 0 radical (unpaired) electrons. The number of aryl methyl sites for hydroxylation is 2. The van der Waals surface area contributed by atoms with Crippen LogP contribution in [-0.2, 0) is 27.2 Å². The van der Waals surface area contributed by atoms with Crippen molar-refractivity contribution in [1.29, 1.82) is 0 Å². The van der Waals surface area contributed by atoms with E-state index in [1.54, 1.807) is 17.8 Å². The molecule has 4 rings (SSSR count). The van der Waals surface area contributed by atoms with E-state index >= 15 is 0 Å². The smallest absolute Gasteiger partial charge is 0.332 e. The third kappa shape index (κ3) is 5.34. The largest absolute Gasteiger partial charge is 0.489 e. The lowest BCUT2D eigenvalue weighted by molar-refractivity contribution is 0.306. The summed E-state index contributed by atoms with van der Waals surface area (Å²) in [6.07, 6.45) is 2.52. The molecule has 9 nitrogen and oxygen atoms in total. The van der Waals surface area contributed by atoms with Gasteiger partial charge in [0.1, 0.15) is 12.4 Å². The van der Waals surface area contributed by atoms with E-state index in [1.165, 1.54) is 11.6 Å². The van der Waals surface area contributed by atoms with E-state index in [0.717, 1.165) is 27.9 Å². The van der Waals surface area contributed by atoms with Gasteiger partial charge in [-0.2, -0.15) is 10.1 Å². The van der Waals surface area contributed by atoms with Crippen LogP contribution in [0, 0.1) is 5.92 Å². The van der Waals surface area contributed by atoms with Crippen LogP contribution in [0.15, 0.2) is 69.3 Å². The molecular formula is C26H30N6O3. The topological polar surface area (TPSA) is 95.4 Å². The molecule has 182 valence electrons. The number of hydrogen-bond donors (Lipinski definition) is 1. The van der Waals surface area contributed by atoms with Crippen LogP contribution in [0.5, 0.6) is 5.75 Å². The molecule has 2 heterocycles. The minimum atomic E-state index is -0.416. The molecule has 0 saturated heterocycles. The first-order valence-electron chi connectivity index (χ1n) is 11.6. The SMILES string of the molecule is CC(C)CCn1c(NN=Cc2ccc(OCc3ccccc3)cc2)nc2c1c(=O)n(C)c(=O)n2C. The summed E-state index contributed by atoms with van der Waals surface area (Å²) in [6, 6.07) is 17.6. The second kappa shape index (κ2) is 10.4. The van der Waals surface area contributed by atoms with Gasteiger partial charge in [0.15, 0.2) is 11.2 Å². The van der Waals surface area contributed by atoms with E-state index < -0.39 is 5.69 Å². The molecule has 0 unspecified atom stereocenters. The number of ether oxygens (including phenoxy) is 1. The number of nitrogens with one attached hydrogen (secondary N) is 1. The highest BCUT2D eigenvalue weighted by Crippen LogP contribution is 2.18. The van der Waals surface area contributed by atoms with Crippen LogP contribution in [0.4, 0.5) is 5.95 Å². The lowest BCUT2D eigenvalue weighted by atomic mass is 10.1. The Morgan fingerprint density at radius 1 is 1.03 bits per heavy atom. The van der Waals surface area contributed by atoms with Crippen LogP contribution < -0.4 is 21.4 Å². The van der Waals surface area contributed by atoms with Crippen LogP contribution >= 0.6 is 0 Å². The molecule has 4 aromatic rings. The Kier molecular flexibility index (Phi) is 7.14. The van der Waals surface area contributed by atoms with Gasteiger partial charge in [-0.1, -0.05) is 44.2 Å². The van der Waals surface area contributed by atoms with Crippen molar-refractivity contribution in [3.63, 3.8) is 0 Å². The van der Waals surface area contributed by atoms with Crippen molar-refractivity contribution >= 4 is 23.3 Å². The van der Waals surface area contributed by atoms with Crippen molar-refractivity contribution in [1.82, 2.24) is 18.7 Å². The molecule has 2 aromatic heterocycles. The molecule has 0 fully saturated rings. The van der Waals surface area contributed by atoms with Gasteiger partial charge in [0.2, 0.25) is 5.95 Å². The van der Waals surface area contributed by atoms with Crippen LogP contribution in [0.2, 0.25) is 0 Å². The number of rotatable bonds is 9. The second-order valence-corrected chi connectivity index (χ2v) is 8.86. The Bertz CT molecular complexity index is 1450. The molecule has 0 aliphatic carbocycles. The Balaban J connectivity index is 1.53. The fourth-order valence-corrected chi connectivity index (χ4v) is 3.69. The van der Waals surface area contributed by atoms with Crippen LogP contribution in [0.1, 0.15) is 31.4 Å². The van der Waals surface area contributed by atoms with Crippen molar-refractivity contribution in [2.45, 2.75) is 33.4 Å². The first kappa shape index (κ1) is 24.0. The summed E-state index contributed by atoms with van der Waals surface area (Å²) < 4.78 is 10.1. The molecule has 0 atom stereocenters. The monoisotopic (exact) mass is 474 g/mol. The highest BCUT2D eigenvalue weighted by molar-refractivity contribution is 5.80. The lowest BCUT2D eigenvalue weighted by Gasteiger charge is -2.10. The van der Waals surface area contributed by atoms with Crippen LogP contribution in [0.3, 0.4) is 0 Å². The highest BCUT2D eigenvalue weighted by Gasteiger charge is 2.19. The van der Waals surface area contributed by atoms with Gasteiger partial charge in [-0.25, -0.2) is 10.2 Å². The number of aromatic nitrogens is 4. The summed E-state index contributed by atoms with van der Waals surface area (Å²) >= 11 is 0. The average Bonchev–Trinajstić information content (AvgIpc) is 3.23. The van der Waals surface area contributed by atoms with Gasteiger partial charge in [-0.3, -0.25) is 13.9 Å². The van der Waals surface area contributed by atoms with Gasteiger partial charge < -0.3 is 9.30 Å². The third-order valence-electron chi connectivity index (χ3n) is 5.78. The maximum Gasteiger partial charge on any atom is 0.332 e. The van der Waals surface area contributed by atoms with Gasteiger partial charge in [0, 0.05) is 20.6 Å². The zero-order valence-electron chi connectivity index (χ0n) is 20.4. The van der Waals surface area contributed by atoms with E-state index in [2.05, 4.69) is 29.4 Å². The van der Waals surface area contributed by atoms with Gasteiger partial charge >= 0.3 is 5.69 Å². The molecule has 35 heavy (non-hydrogen) atoms. The van der Waals surface area contributed by atoms with Gasteiger partial charge in [0.05, 0.1) is 6.21 Å². The molecule has 0 aliphatic heterocycles. The Hall–Kier alpha value is -4.14. The fraction of sp³-hybridized carbons (Fsp3) is 0.308. The normalized spacial score (nSPS) is 11.6. The predicted molar refractivity (Wildman–Crippen MR) is 138 cm³/mol. The summed E-state index contributed by atoms with van der Waals surface area (Å²) in [5.74, 6) is 1.62. The average molecular weight is 475 g/mol. The quantitative estimate of drug-likeness (QED) is 0.296. The van der Waals surface area contributed by atoms with E-state index in [9.17, 15) is 9.59 Å². The molecule has 9 heteroatoms. The molecule has 0 amide bonds. The van der Waals surface area contributed by atoms with E-state index in [1.807, 2.05) is 54.6 Å². The zero-order chi connectivity index (χ0) is 24.9. The second-order valence-electron chi connectivity index (χ2n) is 8.86. The van der Waals surface area contributed by atoms with E-state index in [0.29, 0.717) is 36.2 Å². The number of imidazole rings is 1. The zero-order valence-corrected chi connectivity index (χ0v) is 20.4. The van der Waals surface area contributed by atoms with Crippen molar-refractivity contribution in [3.05, 3.63) is 86.6 Å². The molecule has 0 saturated carbocycles. The molecular weight excluding hydrogens is 444 g/mol. The maximum absolute atomic E-state index is 12.9. The molecule has 2 aromatic carbocycles. The Morgan fingerprint density at radius 3 is 2.43 bits per heavy atom. The molecule has 1 N–H and O–H groups in total. The van der Waals surface area contributed by atoms with Crippen molar-refractivity contribution < 1.29 is 4.74 Å². The summed E-state index contributed by atoms with van der Waals surface area (Å²) in [6.45, 7) is 5.31. The molecule has 0 aliphatic rings. The minimum absolute atomic E-state index is 0.333. The molecule has 0 spiro atoms. The van der Waals surface area contributed by atoms with Crippen LogP contribution in [-0.4, -0.2) is 24.9 Å². The first-order valence-corrected chi connectivity index (χ1v) is 11.6. The summed E-state index contributed by atoms with van der Waals surface area (Å²) in [7, 11) is 3.08. The van der Waals surface area contributed by atoms with Gasteiger partial charge in [-0.15, -0.1) is 0 Å². The summed E-state index contributed by atoms with van der Waals surface area (Å²) in [4.78, 5) is 29.7. The molecule has 0 bridgehead atoms. The summed E-state index contributed by atoms with van der Waals surface area (Å²) in [5.41, 5.74) is 4.86. The lowest BCUT2D eigenvalue weighted by Crippen LogP contribution is -2.37. The van der Waals surface area contributed by atoms with Gasteiger partial charge in [-0.05, 0) is 47.7 Å². The maximum atomic E-state index is 12.9. The Labute approximate surface area is 203 Å². The van der Waals surface area contributed by atoms with E-state index in [-0.39, 0.29) is 5.56 Å². The number of hydrazone groups is 1. The van der Waals surface area contributed by atoms with Crippen molar-refractivity contribution in [3.8, 4) is 5.75 Å². The highest BCUT2D eigenvalue weighted by atomic mass is 16.5. The van der Waals surface area contributed by atoms with Crippen molar-refractivity contribution in [2.24, 2.45) is 25.1 Å². The summed E-state index contributed by atoms with van der Waals surface area (Å²) in [5, 5.41) is 4.33. The Morgan fingerprint density at radius 2 is 1.74 bits per heavy atom. The number of fused-ring (bicyclic) bond motifs is 1. The number of hydrogen-bond acceptors (Lipinski definition) is 6.